The number of carbonyl (C=O) groups excluding carboxylic acids is 1. The molecule has 1 aromatic carbocycles. The molecule has 1 fully saturated rings. The molecule has 26 heavy (non-hydrogen) atoms. The van der Waals surface area contributed by atoms with Crippen LogP contribution >= 0.6 is 0 Å². The van der Waals surface area contributed by atoms with Gasteiger partial charge in [0.2, 0.25) is 5.91 Å². The highest BCUT2D eigenvalue weighted by atomic mass is 19.4. The van der Waals surface area contributed by atoms with Crippen molar-refractivity contribution in [2.45, 2.75) is 31.9 Å². The standard InChI is InChI=1S/C19H20F3N3O/c1-12-7-14(11-25(10-12)17(26)8-19(20,21)22)15-5-4-13(9-23)18-16(15)3-2-6-24-18/h2-6,9,12,14,23H,7-8,10-11H2,1H3/t12?,14-/m1/s1. The molecule has 138 valence electrons. The van der Waals surface area contributed by atoms with E-state index in [9.17, 15) is 18.0 Å². The normalized spacial score (nSPS) is 21.0. The minimum absolute atomic E-state index is 0.0533. The number of nitrogens with one attached hydrogen (secondary N) is 1. The second-order valence-electron chi connectivity index (χ2n) is 6.92. The van der Waals surface area contributed by atoms with Crippen LogP contribution in [0.1, 0.15) is 36.8 Å². The Labute approximate surface area is 149 Å². The number of amides is 1. The van der Waals surface area contributed by atoms with Gasteiger partial charge < -0.3 is 10.3 Å². The average molecular weight is 363 g/mol. The monoisotopic (exact) mass is 363 g/mol. The molecule has 1 saturated heterocycles. The summed E-state index contributed by atoms with van der Waals surface area (Å²) in [5, 5.41) is 8.41. The molecule has 1 aliphatic heterocycles. The van der Waals surface area contributed by atoms with E-state index in [-0.39, 0.29) is 18.4 Å². The number of nitrogens with zero attached hydrogens (tertiary/aromatic N) is 2. The fourth-order valence-electron chi connectivity index (χ4n) is 3.75. The topological polar surface area (TPSA) is 57.1 Å². The minimum Gasteiger partial charge on any atom is -0.342 e. The van der Waals surface area contributed by atoms with Gasteiger partial charge in [-0.15, -0.1) is 0 Å². The van der Waals surface area contributed by atoms with E-state index in [0.717, 1.165) is 17.4 Å². The van der Waals surface area contributed by atoms with E-state index in [0.29, 0.717) is 17.6 Å². The molecule has 0 spiro atoms. The van der Waals surface area contributed by atoms with Crippen LogP contribution in [0.3, 0.4) is 0 Å². The third-order valence-corrected chi connectivity index (χ3v) is 4.79. The largest absolute Gasteiger partial charge is 0.397 e. The van der Waals surface area contributed by atoms with Crippen molar-refractivity contribution >= 4 is 23.0 Å². The second kappa shape index (κ2) is 7.05. The molecule has 1 N–H and O–H groups in total. The summed E-state index contributed by atoms with van der Waals surface area (Å²) in [5.41, 5.74) is 2.36. The Morgan fingerprint density at radius 3 is 2.81 bits per heavy atom. The predicted octanol–water partition coefficient (Wildman–Crippen LogP) is 4.14. The SMILES string of the molecule is CC1C[C@@H](c2ccc(C=N)c3ncccc23)CN(C(=O)CC(F)(F)F)C1. The van der Waals surface area contributed by atoms with Gasteiger partial charge in [-0.1, -0.05) is 25.1 Å². The summed E-state index contributed by atoms with van der Waals surface area (Å²) >= 11 is 0. The zero-order chi connectivity index (χ0) is 18.9. The van der Waals surface area contributed by atoms with Gasteiger partial charge >= 0.3 is 6.18 Å². The molecule has 2 aromatic rings. The van der Waals surface area contributed by atoms with Gasteiger partial charge in [-0.05, 0) is 24.0 Å². The average Bonchev–Trinajstić information content (AvgIpc) is 2.58. The lowest BCUT2D eigenvalue weighted by molar-refractivity contribution is -0.162. The molecule has 1 aliphatic rings. The maximum absolute atomic E-state index is 12.6. The van der Waals surface area contributed by atoms with Crippen molar-refractivity contribution in [1.82, 2.24) is 9.88 Å². The van der Waals surface area contributed by atoms with E-state index < -0.39 is 18.5 Å². The number of hydrogen-bond donors (Lipinski definition) is 1. The van der Waals surface area contributed by atoms with Gasteiger partial charge in [-0.25, -0.2) is 0 Å². The first-order chi connectivity index (χ1) is 12.3. The van der Waals surface area contributed by atoms with Gasteiger partial charge in [0.15, 0.2) is 0 Å². The molecule has 0 aliphatic carbocycles. The first kappa shape index (κ1) is 18.4. The third kappa shape index (κ3) is 3.86. The van der Waals surface area contributed by atoms with Crippen LogP contribution in [0.4, 0.5) is 13.2 Å². The Balaban J connectivity index is 1.93. The van der Waals surface area contributed by atoms with Crippen molar-refractivity contribution in [2.75, 3.05) is 13.1 Å². The highest BCUT2D eigenvalue weighted by Crippen LogP contribution is 2.35. The molecule has 0 radical (unpaired) electrons. The maximum atomic E-state index is 12.6. The third-order valence-electron chi connectivity index (χ3n) is 4.79. The Kier molecular flexibility index (Phi) is 4.98. The number of carbonyl (C=O) groups is 1. The van der Waals surface area contributed by atoms with Crippen LogP contribution in [0.15, 0.2) is 30.5 Å². The van der Waals surface area contributed by atoms with Crippen LogP contribution in [0, 0.1) is 11.3 Å². The van der Waals surface area contributed by atoms with Gasteiger partial charge in [-0.2, -0.15) is 13.2 Å². The predicted molar refractivity (Wildman–Crippen MR) is 93.4 cm³/mol. The number of hydrogen-bond acceptors (Lipinski definition) is 3. The Bertz CT molecular complexity index is 834. The molecular weight excluding hydrogens is 343 g/mol. The smallest absolute Gasteiger partial charge is 0.342 e. The van der Waals surface area contributed by atoms with Crippen LogP contribution in [0.2, 0.25) is 0 Å². The first-order valence-electron chi connectivity index (χ1n) is 8.51. The Hall–Kier alpha value is -2.44. The van der Waals surface area contributed by atoms with Gasteiger partial charge in [0.1, 0.15) is 6.42 Å². The molecule has 0 bridgehead atoms. The number of benzene rings is 1. The van der Waals surface area contributed by atoms with Crippen molar-refractivity contribution in [3.8, 4) is 0 Å². The van der Waals surface area contributed by atoms with Gasteiger partial charge in [0.25, 0.3) is 0 Å². The van der Waals surface area contributed by atoms with Gasteiger partial charge in [0.05, 0.1) is 5.52 Å². The van der Waals surface area contributed by atoms with Crippen molar-refractivity contribution in [3.05, 3.63) is 41.6 Å². The van der Waals surface area contributed by atoms with Crippen LogP contribution < -0.4 is 0 Å². The van der Waals surface area contributed by atoms with E-state index in [1.54, 1.807) is 18.3 Å². The van der Waals surface area contributed by atoms with Crippen molar-refractivity contribution < 1.29 is 18.0 Å². The van der Waals surface area contributed by atoms with Crippen LogP contribution in [0.5, 0.6) is 0 Å². The number of aromatic nitrogens is 1. The van der Waals surface area contributed by atoms with Crippen LogP contribution in [0.25, 0.3) is 10.9 Å². The van der Waals surface area contributed by atoms with Gasteiger partial charge in [-0.3, -0.25) is 9.78 Å². The maximum Gasteiger partial charge on any atom is 0.397 e. The van der Waals surface area contributed by atoms with Crippen molar-refractivity contribution in [1.29, 1.82) is 5.41 Å². The number of piperidine rings is 1. The van der Waals surface area contributed by atoms with E-state index in [4.69, 9.17) is 5.41 Å². The number of pyridine rings is 1. The minimum atomic E-state index is -4.49. The number of halogens is 3. The Morgan fingerprint density at radius 2 is 2.12 bits per heavy atom. The zero-order valence-corrected chi connectivity index (χ0v) is 14.4. The lowest BCUT2D eigenvalue weighted by Gasteiger charge is -2.37. The molecule has 2 heterocycles. The number of likely N-dealkylation sites (tertiary alicyclic amines) is 1. The molecule has 7 heteroatoms. The summed E-state index contributed by atoms with van der Waals surface area (Å²) in [4.78, 5) is 17.7. The molecule has 3 rings (SSSR count). The van der Waals surface area contributed by atoms with Gasteiger partial charge in [0, 0.05) is 42.4 Å². The molecule has 0 saturated carbocycles. The summed E-state index contributed by atoms with van der Waals surface area (Å²) in [7, 11) is 0. The Morgan fingerprint density at radius 1 is 1.35 bits per heavy atom. The zero-order valence-electron chi connectivity index (χ0n) is 14.4. The lowest BCUT2D eigenvalue weighted by atomic mass is 9.83. The molecular formula is C19H20F3N3O. The molecule has 2 atom stereocenters. The van der Waals surface area contributed by atoms with E-state index in [1.165, 1.54) is 11.1 Å². The van der Waals surface area contributed by atoms with Crippen molar-refractivity contribution in [3.63, 3.8) is 0 Å². The fourth-order valence-corrected chi connectivity index (χ4v) is 3.75. The van der Waals surface area contributed by atoms with Crippen LogP contribution in [-0.4, -0.2) is 41.3 Å². The lowest BCUT2D eigenvalue weighted by Crippen LogP contribution is -2.43. The molecule has 1 aromatic heterocycles. The highest BCUT2D eigenvalue weighted by Gasteiger charge is 2.36. The second-order valence-corrected chi connectivity index (χ2v) is 6.92. The molecule has 4 nitrogen and oxygen atoms in total. The molecule has 1 unspecified atom stereocenters. The van der Waals surface area contributed by atoms with Crippen molar-refractivity contribution in [2.24, 2.45) is 5.92 Å². The number of fused-ring (bicyclic) bond motifs is 1. The fraction of sp³-hybridized carbons (Fsp3) is 0.421. The summed E-state index contributed by atoms with van der Waals surface area (Å²) in [6, 6.07) is 7.42. The van der Waals surface area contributed by atoms with E-state index in [1.807, 2.05) is 19.1 Å². The first-order valence-corrected chi connectivity index (χ1v) is 8.51. The summed E-state index contributed by atoms with van der Waals surface area (Å²) in [5.74, 6) is -0.810. The summed E-state index contributed by atoms with van der Waals surface area (Å²) in [6.45, 7) is 2.57. The quantitative estimate of drug-likeness (QED) is 0.834. The number of rotatable bonds is 3. The summed E-state index contributed by atoms with van der Waals surface area (Å²) < 4.78 is 37.8. The van der Waals surface area contributed by atoms with Crippen LogP contribution in [-0.2, 0) is 4.79 Å². The van der Waals surface area contributed by atoms with E-state index >= 15 is 0 Å². The van der Waals surface area contributed by atoms with E-state index in [2.05, 4.69) is 4.98 Å². The number of alkyl halides is 3. The highest BCUT2D eigenvalue weighted by molar-refractivity contribution is 5.98. The summed E-state index contributed by atoms with van der Waals surface area (Å²) in [6.07, 6.45) is -2.22. The molecule has 1 amide bonds.